The maximum absolute atomic E-state index is 13.1. The molecule has 0 spiro atoms. The van der Waals surface area contributed by atoms with Crippen LogP contribution in [0, 0.1) is 5.82 Å². The molecule has 0 aliphatic heterocycles. The maximum Gasteiger partial charge on any atom is 0.256 e. The second kappa shape index (κ2) is 6.35. The van der Waals surface area contributed by atoms with Crippen LogP contribution in [0.1, 0.15) is 29.8 Å². The van der Waals surface area contributed by atoms with E-state index in [1.807, 2.05) is 26.0 Å². The molecular weight excluding hydrogens is 269 g/mol. The molecule has 110 valence electrons. The predicted octanol–water partition coefficient (Wildman–Crippen LogP) is 2.85. The summed E-state index contributed by atoms with van der Waals surface area (Å²) < 4.78 is 13.1. The lowest BCUT2D eigenvalue weighted by atomic mass is 10.1. The van der Waals surface area contributed by atoms with Crippen molar-refractivity contribution in [3.05, 3.63) is 59.7 Å². The summed E-state index contributed by atoms with van der Waals surface area (Å²) in [5.41, 5.74) is 7.15. The highest BCUT2D eigenvalue weighted by Crippen LogP contribution is 2.19. The van der Waals surface area contributed by atoms with Gasteiger partial charge in [0.1, 0.15) is 5.82 Å². The van der Waals surface area contributed by atoms with Crippen LogP contribution in [0.5, 0.6) is 0 Å². The molecular formula is C16H18FN3O. The molecule has 0 atom stereocenters. The molecule has 0 saturated heterocycles. The molecule has 1 heterocycles. The summed E-state index contributed by atoms with van der Waals surface area (Å²) in [7, 11) is 0. The Balaban J connectivity index is 2.27. The topological polar surface area (TPSA) is 59.2 Å². The summed E-state index contributed by atoms with van der Waals surface area (Å²) >= 11 is 0. The fraction of sp³-hybridized carbons (Fsp3) is 0.250. The number of benzene rings is 1. The number of aromatic nitrogens is 1. The van der Waals surface area contributed by atoms with E-state index in [1.54, 1.807) is 17.3 Å². The zero-order valence-electron chi connectivity index (χ0n) is 12.1. The van der Waals surface area contributed by atoms with Gasteiger partial charge in [-0.05, 0) is 43.7 Å². The number of carbonyl (C=O) groups excluding carboxylic acids is 1. The monoisotopic (exact) mass is 287 g/mol. The molecule has 1 aromatic heterocycles. The molecule has 0 radical (unpaired) electrons. The lowest BCUT2D eigenvalue weighted by Crippen LogP contribution is -2.36. The fourth-order valence-corrected chi connectivity index (χ4v) is 2.06. The Hall–Kier alpha value is -2.43. The average molecular weight is 287 g/mol. The summed E-state index contributed by atoms with van der Waals surface area (Å²) in [5, 5.41) is 0. The molecule has 2 N–H and O–H groups in total. The Labute approximate surface area is 123 Å². The number of amides is 1. The summed E-state index contributed by atoms with van der Waals surface area (Å²) in [6.45, 7) is 4.28. The summed E-state index contributed by atoms with van der Waals surface area (Å²) in [4.78, 5) is 18.4. The fourth-order valence-electron chi connectivity index (χ4n) is 2.06. The van der Waals surface area contributed by atoms with Crippen molar-refractivity contribution in [1.82, 2.24) is 9.88 Å². The van der Waals surface area contributed by atoms with Crippen LogP contribution in [0.25, 0.3) is 0 Å². The van der Waals surface area contributed by atoms with E-state index in [1.165, 1.54) is 12.1 Å². The Morgan fingerprint density at radius 1 is 1.38 bits per heavy atom. The van der Waals surface area contributed by atoms with Gasteiger partial charge in [0.2, 0.25) is 0 Å². The molecule has 0 aliphatic carbocycles. The second-order valence-electron chi connectivity index (χ2n) is 5.12. The van der Waals surface area contributed by atoms with E-state index in [4.69, 9.17) is 5.73 Å². The molecule has 2 aromatic rings. The number of nitrogens with two attached hydrogens (primary N) is 1. The Morgan fingerprint density at radius 3 is 2.71 bits per heavy atom. The maximum atomic E-state index is 13.1. The molecule has 5 heteroatoms. The van der Waals surface area contributed by atoms with Crippen molar-refractivity contribution in [3.63, 3.8) is 0 Å². The molecule has 1 amide bonds. The Bertz CT molecular complexity index is 629. The van der Waals surface area contributed by atoms with Crippen LogP contribution in [0.15, 0.2) is 42.7 Å². The summed E-state index contributed by atoms with van der Waals surface area (Å²) in [5.74, 6) is -0.668. The van der Waals surface area contributed by atoms with Crippen LogP contribution >= 0.6 is 0 Å². The van der Waals surface area contributed by atoms with E-state index >= 15 is 0 Å². The normalized spacial score (nSPS) is 10.7. The van der Waals surface area contributed by atoms with Crippen molar-refractivity contribution < 1.29 is 9.18 Å². The Morgan fingerprint density at radius 2 is 2.14 bits per heavy atom. The van der Waals surface area contributed by atoms with Gasteiger partial charge in [0.05, 0.1) is 5.56 Å². The first-order chi connectivity index (χ1) is 9.99. The van der Waals surface area contributed by atoms with Crippen molar-refractivity contribution >= 4 is 11.6 Å². The smallest absolute Gasteiger partial charge is 0.256 e. The quantitative estimate of drug-likeness (QED) is 0.880. The van der Waals surface area contributed by atoms with Crippen molar-refractivity contribution in [2.75, 3.05) is 5.73 Å². The third-order valence-corrected chi connectivity index (χ3v) is 3.20. The van der Waals surface area contributed by atoms with Gasteiger partial charge in [-0.3, -0.25) is 9.78 Å². The predicted molar refractivity (Wildman–Crippen MR) is 80.1 cm³/mol. The minimum atomic E-state index is -0.451. The first-order valence-electron chi connectivity index (χ1n) is 6.74. The van der Waals surface area contributed by atoms with Gasteiger partial charge in [-0.2, -0.15) is 0 Å². The standard InChI is InChI=1S/C16H18FN3O/c1-11(2)20(10-12-4-3-7-19-9-12)16(21)14-6-5-13(17)8-15(14)18/h3-9,11H,10,18H2,1-2H3. The minimum absolute atomic E-state index is 0.0119. The number of pyridine rings is 1. The third kappa shape index (κ3) is 3.56. The number of halogens is 1. The first kappa shape index (κ1) is 15.0. The van der Waals surface area contributed by atoms with E-state index < -0.39 is 5.82 Å². The molecule has 0 fully saturated rings. The van der Waals surface area contributed by atoms with E-state index in [0.29, 0.717) is 12.1 Å². The van der Waals surface area contributed by atoms with Gasteiger partial charge < -0.3 is 10.6 Å². The molecule has 2 rings (SSSR count). The summed E-state index contributed by atoms with van der Waals surface area (Å²) in [6.07, 6.45) is 3.40. The first-order valence-corrected chi connectivity index (χ1v) is 6.74. The number of anilines is 1. The highest BCUT2D eigenvalue weighted by atomic mass is 19.1. The number of hydrogen-bond acceptors (Lipinski definition) is 3. The van der Waals surface area contributed by atoms with Gasteiger partial charge >= 0.3 is 0 Å². The number of rotatable bonds is 4. The lowest BCUT2D eigenvalue weighted by Gasteiger charge is -2.27. The molecule has 0 saturated carbocycles. The average Bonchev–Trinajstić information content (AvgIpc) is 2.45. The highest BCUT2D eigenvalue weighted by molar-refractivity contribution is 5.99. The van der Waals surface area contributed by atoms with E-state index in [9.17, 15) is 9.18 Å². The van der Waals surface area contributed by atoms with Gasteiger partial charge in [-0.25, -0.2) is 4.39 Å². The van der Waals surface area contributed by atoms with Crippen LogP contribution in [-0.2, 0) is 6.54 Å². The SMILES string of the molecule is CC(C)N(Cc1cccnc1)C(=O)c1ccc(F)cc1N. The van der Waals surface area contributed by atoms with Crippen molar-refractivity contribution in [3.8, 4) is 0 Å². The van der Waals surface area contributed by atoms with Crippen molar-refractivity contribution in [1.29, 1.82) is 0 Å². The van der Waals surface area contributed by atoms with Crippen LogP contribution in [0.2, 0.25) is 0 Å². The number of nitrogen functional groups attached to an aromatic ring is 1. The van der Waals surface area contributed by atoms with Crippen LogP contribution < -0.4 is 5.73 Å². The van der Waals surface area contributed by atoms with Crippen LogP contribution in [-0.4, -0.2) is 21.8 Å². The summed E-state index contributed by atoms with van der Waals surface area (Å²) in [6, 6.07) is 7.55. The van der Waals surface area contributed by atoms with Gasteiger partial charge in [0.25, 0.3) is 5.91 Å². The Kier molecular flexibility index (Phi) is 4.52. The van der Waals surface area contributed by atoms with E-state index in [2.05, 4.69) is 4.98 Å². The molecule has 1 aromatic carbocycles. The van der Waals surface area contributed by atoms with E-state index in [0.717, 1.165) is 11.6 Å². The molecule has 4 nitrogen and oxygen atoms in total. The van der Waals surface area contributed by atoms with Gasteiger partial charge in [-0.1, -0.05) is 6.07 Å². The third-order valence-electron chi connectivity index (χ3n) is 3.20. The molecule has 0 unspecified atom stereocenters. The van der Waals surface area contributed by atoms with Crippen molar-refractivity contribution in [2.24, 2.45) is 0 Å². The van der Waals surface area contributed by atoms with E-state index in [-0.39, 0.29) is 17.6 Å². The molecule has 21 heavy (non-hydrogen) atoms. The highest BCUT2D eigenvalue weighted by Gasteiger charge is 2.21. The second-order valence-corrected chi connectivity index (χ2v) is 5.12. The molecule has 0 bridgehead atoms. The van der Waals surface area contributed by atoms with Crippen molar-refractivity contribution in [2.45, 2.75) is 26.4 Å². The van der Waals surface area contributed by atoms with Crippen LogP contribution in [0.3, 0.4) is 0 Å². The largest absolute Gasteiger partial charge is 0.398 e. The number of carbonyl (C=O) groups is 1. The zero-order valence-corrected chi connectivity index (χ0v) is 12.1. The van der Waals surface area contributed by atoms with Gasteiger partial charge in [0.15, 0.2) is 0 Å². The number of nitrogens with zero attached hydrogens (tertiary/aromatic N) is 2. The van der Waals surface area contributed by atoms with Gasteiger partial charge in [0, 0.05) is 30.7 Å². The number of hydrogen-bond donors (Lipinski definition) is 1. The zero-order chi connectivity index (χ0) is 15.4. The van der Waals surface area contributed by atoms with Crippen LogP contribution in [0.4, 0.5) is 10.1 Å². The van der Waals surface area contributed by atoms with Gasteiger partial charge in [-0.15, -0.1) is 0 Å². The molecule has 0 aliphatic rings. The lowest BCUT2D eigenvalue weighted by molar-refractivity contribution is 0.0691. The minimum Gasteiger partial charge on any atom is -0.398 e.